The van der Waals surface area contributed by atoms with Gasteiger partial charge in [-0.3, -0.25) is 13.9 Å². The maximum absolute atomic E-state index is 13.7. The summed E-state index contributed by atoms with van der Waals surface area (Å²) in [6.45, 7) is 1.17. The Bertz CT molecular complexity index is 1220. The highest BCUT2D eigenvalue weighted by Crippen LogP contribution is 2.33. The maximum Gasteiger partial charge on any atom is 0.244 e. The third-order valence-electron chi connectivity index (χ3n) is 6.45. The standard InChI is InChI=1S/C26H33Cl2N3O5S/c1-18(26(33)29-22-10-5-4-6-11-22)30(16-19-8-7-9-20(27)14-19)25(32)17-31(37(3,34)35)23-15-21(28)12-13-24(23)36-2/h7-9,12-15,18,22H,4-6,10-11,16-17H2,1-3H3,(H,29,33)/t18-/m1/s1. The molecule has 0 spiro atoms. The fourth-order valence-electron chi connectivity index (χ4n) is 4.44. The molecule has 0 heterocycles. The fourth-order valence-corrected chi connectivity index (χ4v) is 5.66. The van der Waals surface area contributed by atoms with E-state index in [1.165, 1.54) is 24.1 Å². The predicted octanol–water partition coefficient (Wildman–Crippen LogP) is 4.63. The maximum atomic E-state index is 13.7. The van der Waals surface area contributed by atoms with Gasteiger partial charge in [0.1, 0.15) is 18.3 Å². The highest BCUT2D eigenvalue weighted by molar-refractivity contribution is 7.92. The minimum atomic E-state index is -3.92. The Morgan fingerprint density at radius 2 is 1.76 bits per heavy atom. The average molecular weight is 571 g/mol. The minimum absolute atomic E-state index is 0.0649. The number of amides is 2. The molecule has 0 aromatic heterocycles. The number of carbonyl (C=O) groups is 2. The number of nitrogens with zero attached hydrogens (tertiary/aromatic N) is 2. The lowest BCUT2D eigenvalue weighted by Gasteiger charge is -2.33. The van der Waals surface area contributed by atoms with Crippen LogP contribution in [0, 0.1) is 0 Å². The van der Waals surface area contributed by atoms with Crippen LogP contribution in [0.25, 0.3) is 0 Å². The molecule has 0 unspecified atom stereocenters. The molecule has 1 atom stereocenters. The molecule has 8 nitrogen and oxygen atoms in total. The molecule has 1 fully saturated rings. The third-order valence-corrected chi connectivity index (χ3v) is 8.05. The van der Waals surface area contributed by atoms with Gasteiger partial charge in [0, 0.05) is 22.6 Å². The van der Waals surface area contributed by atoms with E-state index in [1.54, 1.807) is 37.3 Å². The number of methoxy groups -OCH3 is 1. The first-order valence-electron chi connectivity index (χ1n) is 12.1. The molecule has 11 heteroatoms. The van der Waals surface area contributed by atoms with Gasteiger partial charge in [-0.15, -0.1) is 0 Å². The second kappa shape index (κ2) is 12.8. The molecule has 1 saturated carbocycles. The Hall–Kier alpha value is -2.49. The van der Waals surface area contributed by atoms with E-state index in [4.69, 9.17) is 27.9 Å². The van der Waals surface area contributed by atoms with Crippen LogP contribution in [0.5, 0.6) is 5.75 Å². The molecule has 2 aromatic carbocycles. The SMILES string of the molecule is COc1ccc(Cl)cc1N(CC(=O)N(Cc1cccc(Cl)c1)[C@H](C)C(=O)NC1CCCCC1)S(C)(=O)=O. The molecule has 1 aliphatic rings. The van der Waals surface area contributed by atoms with Crippen LogP contribution in [0.2, 0.25) is 10.0 Å². The normalized spacial score (nSPS) is 15.1. The first-order valence-corrected chi connectivity index (χ1v) is 14.8. The van der Waals surface area contributed by atoms with Crippen LogP contribution in [0.15, 0.2) is 42.5 Å². The van der Waals surface area contributed by atoms with Crippen molar-refractivity contribution in [3.8, 4) is 5.75 Å². The molecule has 0 aliphatic heterocycles. The van der Waals surface area contributed by atoms with E-state index in [2.05, 4.69) is 5.32 Å². The first-order chi connectivity index (χ1) is 17.5. The lowest BCUT2D eigenvalue weighted by molar-refractivity contribution is -0.139. The number of carbonyl (C=O) groups excluding carboxylic acids is 2. The van der Waals surface area contributed by atoms with Crippen LogP contribution in [-0.2, 0) is 26.2 Å². The van der Waals surface area contributed by atoms with Crippen molar-refractivity contribution in [2.75, 3.05) is 24.2 Å². The lowest BCUT2D eigenvalue weighted by atomic mass is 9.95. The van der Waals surface area contributed by atoms with Crippen molar-refractivity contribution >= 4 is 50.7 Å². The Labute approximate surface area is 228 Å². The highest BCUT2D eigenvalue weighted by atomic mass is 35.5. The number of hydrogen-bond donors (Lipinski definition) is 1. The van der Waals surface area contributed by atoms with E-state index >= 15 is 0 Å². The number of ether oxygens (including phenoxy) is 1. The summed E-state index contributed by atoms with van der Waals surface area (Å²) in [5.74, 6) is -0.598. The summed E-state index contributed by atoms with van der Waals surface area (Å²) in [5.41, 5.74) is 0.845. The van der Waals surface area contributed by atoms with Gasteiger partial charge in [-0.25, -0.2) is 8.42 Å². The summed E-state index contributed by atoms with van der Waals surface area (Å²) in [6, 6.07) is 10.7. The van der Waals surface area contributed by atoms with Crippen LogP contribution in [0.4, 0.5) is 5.69 Å². The van der Waals surface area contributed by atoms with Crippen LogP contribution in [0.3, 0.4) is 0 Å². The molecule has 2 amide bonds. The van der Waals surface area contributed by atoms with Crippen molar-refractivity contribution in [3.05, 3.63) is 58.1 Å². The van der Waals surface area contributed by atoms with Gasteiger partial charge >= 0.3 is 0 Å². The number of rotatable bonds is 10. The van der Waals surface area contributed by atoms with Crippen molar-refractivity contribution < 1.29 is 22.7 Å². The van der Waals surface area contributed by atoms with Crippen molar-refractivity contribution in [2.45, 2.75) is 57.7 Å². The van der Waals surface area contributed by atoms with Crippen LogP contribution in [-0.4, -0.2) is 57.1 Å². The lowest BCUT2D eigenvalue weighted by Crippen LogP contribution is -2.53. The monoisotopic (exact) mass is 569 g/mol. The summed E-state index contributed by atoms with van der Waals surface area (Å²) in [4.78, 5) is 28.3. The van der Waals surface area contributed by atoms with Gasteiger partial charge in [-0.05, 0) is 55.7 Å². The zero-order valence-corrected chi connectivity index (χ0v) is 23.6. The molecule has 1 N–H and O–H groups in total. The van der Waals surface area contributed by atoms with Crippen LogP contribution in [0.1, 0.15) is 44.6 Å². The zero-order chi connectivity index (χ0) is 27.2. The van der Waals surface area contributed by atoms with Gasteiger partial charge in [0.05, 0.1) is 19.1 Å². The molecule has 2 aromatic rings. The van der Waals surface area contributed by atoms with Crippen molar-refractivity contribution in [1.29, 1.82) is 0 Å². The fraction of sp³-hybridized carbons (Fsp3) is 0.462. The molecule has 0 radical (unpaired) electrons. The van der Waals surface area contributed by atoms with Gasteiger partial charge < -0.3 is 15.0 Å². The predicted molar refractivity (Wildman–Crippen MR) is 147 cm³/mol. The van der Waals surface area contributed by atoms with E-state index in [1.807, 2.05) is 0 Å². The summed E-state index contributed by atoms with van der Waals surface area (Å²) < 4.78 is 31.9. The summed E-state index contributed by atoms with van der Waals surface area (Å²) in [6.07, 6.45) is 6.05. The number of sulfonamides is 1. The molecule has 1 aliphatic carbocycles. The third kappa shape index (κ3) is 7.99. The second-order valence-corrected chi connectivity index (χ2v) is 12.0. The Balaban J connectivity index is 1.92. The second-order valence-electron chi connectivity index (χ2n) is 9.26. The number of benzene rings is 2. The summed E-state index contributed by atoms with van der Waals surface area (Å²) in [5, 5.41) is 3.84. The number of anilines is 1. The minimum Gasteiger partial charge on any atom is -0.495 e. The van der Waals surface area contributed by atoms with Crippen molar-refractivity contribution in [2.24, 2.45) is 0 Å². The smallest absolute Gasteiger partial charge is 0.244 e. The topological polar surface area (TPSA) is 96.0 Å². The molecule has 0 saturated heterocycles. The molecular formula is C26H33Cl2N3O5S. The Morgan fingerprint density at radius 1 is 1.08 bits per heavy atom. The van der Waals surface area contributed by atoms with Crippen LogP contribution >= 0.6 is 23.2 Å². The number of nitrogens with one attached hydrogen (secondary N) is 1. The molecule has 3 rings (SSSR count). The molecule has 0 bridgehead atoms. The van der Waals surface area contributed by atoms with E-state index in [9.17, 15) is 18.0 Å². The van der Waals surface area contributed by atoms with Crippen molar-refractivity contribution in [1.82, 2.24) is 10.2 Å². The quantitative estimate of drug-likeness (QED) is 0.449. The largest absolute Gasteiger partial charge is 0.495 e. The average Bonchev–Trinajstić information content (AvgIpc) is 2.85. The Kier molecular flexibility index (Phi) is 10.1. The molecular weight excluding hydrogens is 537 g/mol. The van der Waals surface area contributed by atoms with Gasteiger partial charge in [0.2, 0.25) is 21.8 Å². The van der Waals surface area contributed by atoms with Gasteiger partial charge in [0.25, 0.3) is 0 Å². The Morgan fingerprint density at radius 3 is 2.38 bits per heavy atom. The summed E-state index contributed by atoms with van der Waals surface area (Å²) >= 11 is 12.3. The van der Waals surface area contributed by atoms with Crippen LogP contribution < -0.4 is 14.4 Å². The summed E-state index contributed by atoms with van der Waals surface area (Å²) in [7, 11) is -2.52. The van der Waals surface area contributed by atoms with E-state index in [0.29, 0.717) is 10.6 Å². The van der Waals surface area contributed by atoms with E-state index < -0.39 is 28.5 Å². The van der Waals surface area contributed by atoms with Gasteiger partial charge in [0.15, 0.2) is 0 Å². The highest BCUT2D eigenvalue weighted by Gasteiger charge is 2.32. The van der Waals surface area contributed by atoms with Gasteiger partial charge in [-0.1, -0.05) is 54.6 Å². The molecule has 202 valence electrons. The van der Waals surface area contributed by atoms with E-state index in [0.717, 1.165) is 42.7 Å². The first kappa shape index (κ1) is 29.1. The molecule has 37 heavy (non-hydrogen) atoms. The van der Waals surface area contributed by atoms with Crippen molar-refractivity contribution in [3.63, 3.8) is 0 Å². The number of hydrogen-bond acceptors (Lipinski definition) is 5. The van der Waals surface area contributed by atoms with Gasteiger partial charge in [-0.2, -0.15) is 0 Å². The number of halogens is 2. The van der Waals surface area contributed by atoms with E-state index in [-0.39, 0.29) is 35.0 Å². The zero-order valence-electron chi connectivity index (χ0n) is 21.2.